The molecule has 1 aromatic carbocycles. The third-order valence-corrected chi connectivity index (χ3v) is 9.78. The number of pyridine rings is 1. The summed E-state index contributed by atoms with van der Waals surface area (Å²) in [4.78, 5) is 34.4. The van der Waals surface area contributed by atoms with Gasteiger partial charge in [0.05, 0.1) is 30.3 Å². The Morgan fingerprint density at radius 1 is 1.16 bits per heavy atom. The molecule has 0 radical (unpaired) electrons. The summed E-state index contributed by atoms with van der Waals surface area (Å²) in [7, 11) is 1.60. The molecule has 4 aromatic rings. The van der Waals surface area contributed by atoms with Crippen molar-refractivity contribution in [3.8, 4) is 17.2 Å². The first kappa shape index (κ1) is 28.1. The molecule has 1 aliphatic heterocycles. The Labute approximate surface area is 255 Å². The number of methoxy groups -OCH3 is 1. The number of amides is 2. The van der Waals surface area contributed by atoms with Crippen molar-refractivity contribution in [3.63, 3.8) is 0 Å². The smallest absolute Gasteiger partial charge is 0.408 e. The molecule has 2 bridgehead atoms. The molecule has 10 heteroatoms. The summed E-state index contributed by atoms with van der Waals surface area (Å²) in [5, 5.41) is 12.4. The Morgan fingerprint density at radius 2 is 1.93 bits per heavy atom. The van der Waals surface area contributed by atoms with Gasteiger partial charge in [-0.3, -0.25) is 9.69 Å². The van der Waals surface area contributed by atoms with Gasteiger partial charge in [-0.25, -0.2) is 9.78 Å². The molecule has 1 saturated heterocycles. The Bertz CT molecular complexity index is 1780. The number of ether oxygens (including phenoxy) is 1. The van der Waals surface area contributed by atoms with Crippen molar-refractivity contribution in [3.05, 3.63) is 46.6 Å². The maximum Gasteiger partial charge on any atom is 0.408 e. The van der Waals surface area contributed by atoms with Crippen LogP contribution in [0.4, 0.5) is 4.79 Å². The highest BCUT2D eigenvalue weighted by atomic mass is 35.5. The molecule has 3 aromatic heterocycles. The van der Waals surface area contributed by atoms with E-state index in [0.717, 1.165) is 52.8 Å². The lowest BCUT2D eigenvalue weighted by Gasteiger charge is -2.40. The van der Waals surface area contributed by atoms with Gasteiger partial charge in [0, 0.05) is 35.1 Å². The summed E-state index contributed by atoms with van der Waals surface area (Å²) in [6.07, 6.45) is 3.14. The lowest BCUT2D eigenvalue weighted by molar-refractivity contribution is 0.0503. The first-order chi connectivity index (χ1) is 20.5. The number of carbonyl (C=O) groups excluding carboxylic acids is 1. The van der Waals surface area contributed by atoms with Crippen molar-refractivity contribution < 1.29 is 23.8 Å². The molecule has 2 amide bonds. The van der Waals surface area contributed by atoms with Gasteiger partial charge in [0.1, 0.15) is 22.1 Å². The van der Waals surface area contributed by atoms with Crippen LogP contribution in [0.5, 0.6) is 5.75 Å². The summed E-state index contributed by atoms with van der Waals surface area (Å²) in [5.74, 6) is 1.88. The van der Waals surface area contributed by atoms with Crippen LogP contribution >= 0.6 is 11.6 Å². The van der Waals surface area contributed by atoms with E-state index in [-0.39, 0.29) is 23.9 Å². The summed E-state index contributed by atoms with van der Waals surface area (Å²) in [6, 6.07) is 9.08. The average molecular weight is 605 g/mol. The predicted molar refractivity (Wildman–Crippen MR) is 165 cm³/mol. The van der Waals surface area contributed by atoms with Crippen molar-refractivity contribution in [2.45, 2.75) is 77.5 Å². The summed E-state index contributed by atoms with van der Waals surface area (Å²) in [6.45, 7) is 9.12. The van der Waals surface area contributed by atoms with E-state index in [1.807, 2.05) is 38.7 Å². The molecular weight excluding hydrogens is 568 g/mol. The molecule has 4 heterocycles. The number of furan rings is 1. The van der Waals surface area contributed by atoms with Crippen molar-refractivity contribution in [1.29, 1.82) is 0 Å². The van der Waals surface area contributed by atoms with E-state index in [4.69, 9.17) is 20.8 Å². The number of rotatable bonds is 6. The zero-order valence-electron chi connectivity index (χ0n) is 25.2. The van der Waals surface area contributed by atoms with E-state index < -0.39 is 11.6 Å². The number of aryl methyl sites for hydroxylation is 1. The van der Waals surface area contributed by atoms with Crippen molar-refractivity contribution in [2.24, 2.45) is 11.8 Å². The molecule has 3 fully saturated rings. The van der Waals surface area contributed by atoms with E-state index in [2.05, 4.69) is 15.6 Å². The second-order valence-electron chi connectivity index (χ2n) is 13.4. The normalized spacial score (nSPS) is 21.7. The molecule has 9 nitrogen and oxygen atoms in total. The van der Waals surface area contributed by atoms with Crippen molar-refractivity contribution >= 4 is 45.6 Å². The SMILES string of the molecule is COc1cc(C(=O)N2CC3CCC2[C@@H]3N(C(=O)O)C(C)(C)C)cc2oc(-c3cc4ccc(Cl)nc4n3CC3CC3)c(C)c12. The fraction of sp³-hybridized carbons (Fsp3) is 0.485. The minimum atomic E-state index is -0.943. The molecule has 7 rings (SSSR count). The van der Waals surface area contributed by atoms with Gasteiger partial charge in [-0.05, 0) is 95.5 Å². The van der Waals surface area contributed by atoms with Crippen LogP contribution in [0.2, 0.25) is 5.15 Å². The van der Waals surface area contributed by atoms with Gasteiger partial charge in [0.25, 0.3) is 5.91 Å². The van der Waals surface area contributed by atoms with Crippen molar-refractivity contribution in [2.75, 3.05) is 13.7 Å². The molecule has 2 saturated carbocycles. The summed E-state index contributed by atoms with van der Waals surface area (Å²) in [5.41, 5.74) is 3.17. The lowest BCUT2D eigenvalue weighted by Crippen LogP contribution is -2.55. The fourth-order valence-electron chi connectivity index (χ4n) is 7.52. The van der Waals surface area contributed by atoms with E-state index in [1.54, 1.807) is 30.2 Å². The number of likely N-dealkylation sites (tertiary alicyclic amines) is 1. The van der Waals surface area contributed by atoms with Crippen LogP contribution in [-0.4, -0.2) is 67.7 Å². The topological polar surface area (TPSA) is 101 Å². The van der Waals surface area contributed by atoms with Crippen LogP contribution in [0, 0.1) is 18.8 Å². The van der Waals surface area contributed by atoms with Gasteiger partial charge in [-0.1, -0.05) is 11.6 Å². The Hall–Kier alpha value is -3.72. The molecule has 3 aliphatic rings. The van der Waals surface area contributed by atoms with Crippen LogP contribution in [0.3, 0.4) is 0 Å². The third-order valence-electron chi connectivity index (χ3n) is 9.57. The highest BCUT2D eigenvalue weighted by molar-refractivity contribution is 6.29. The second kappa shape index (κ2) is 9.91. The molecule has 1 N–H and O–H groups in total. The van der Waals surface area contributed by atoms with Crippen LogP contribution in [0.15, 0.2) is 34.7 Å². The molecule has 3 atom stereocenters. The van der Waals surface area contributed by atoms with Crippen molar-refractivity contribution in [1.82, 2.24) is 19.4 Å². The molecule has 2 aliphatic carbocycles. The number of benzene rings is 1. The first-order valence-corrected chi connectivity index (χ1v) is 15.4. The zero-order chi connectivity index (χ0) is 30.4. The first-order valence-electron chi connectivity index (χ1n) is 15.1. The van der Waals surface area contributed by atoms with Crippen LogP contribution in [0.25, 0.3) is 33.5 Å². The Balaban J connectivity index is 1.28. The third kappa shape index (κ3) is 4.55. The Morgan fingerprint density at radius 3 is 2.60 bits per heavy atom. The number of piperidine rings is 1. The number of hydrogen-bond acceptors (Lipinski definition) is 5. The van der Waals surface area contributed by atoms with Gasteiger partial charge in [0.15, 0.2) is 5.76 Å². The van der Waals surface area contributed by atoms with E-state index in [9.17, 15) is 14.7 Å². The number of hydrogen-bond donors (Lipinski definition) is 1. The molecule has 2 unspecified atom stereocenters. The number of carbonyl (C=O) groups is 2. The Kier molecular flexibility index (Phi) is 6.47. The van der Waals surface area contributed by atoms with Gasteiger partial charge in [-0.15, -0.1) is 0 Å². The quantitative estimate of drug-likeness (QED) is 0.233. The predicted octanol–water partition coefficient (Wildman–Crippen LogP) is 7.21. The summed E-state index contributed by atoms with van der Waals surface area (Å²) >= 11 is 6.29. The molecular formula is C33H37ClN4O5. The lowest BCUT2D eigenvalue weighted by atomic mass is 9.98. The van der Waals surface area contributed by atoms with Crippen LogP contribution in [0.1, 0.15) is 62.4 Å². The highest BCUT2D eigenvalue weighted by Gasteiger charge is 2.54. The van der Waals surface area contributed by atoms with E-state index in [1.165, 1.54) is 12.8 Å². The zero-order valence-corrected chi connectivity index (χ0v) is 25.9. The molecule has 226 valence electrons. The minimum Gasteiger partial charge on any atom is -0.496 e. The number of halogens is 1. The van der Waals surface area contributed by atoms with Crippen LogP contribution in [-0.2, 0) is 6.54 Å². The van der Waals surface area contributed by atoms with E-state index in [0.29, 0.717) is 34.5 Å². The number of nitrogens with zero attached hydrogens (tertiary/aromatic N) is 4. The molecule has 43 heavy (non-hydrogen) atoms. The maximum atomic E-state index is 14.1. The van der Waals surface area contributed by atoms with Gasteiger partial charge >= 0.3 is 6.09 Å². The summed E-state index contributed by atoms with van der Waals surface area (Å²) < 4.78 is 14.6. The average Bonchev–Trinajstić information content (AvgIpc) is 3.29. The fourth-order valence-corrected chi connectivity index (χ4v) is 7.66. The largest absolute Gasteiger partial charge is 0.496 e. The van der Waals surface area contributed by atoms with Gasteiger partial charge in [0.2, 0.25) is 0 Å². The second-order valence-corrected chi connectivity index (χ2v) is 13.8. The number of carboxylic acid groups (broad SMARTS) is 1. The van der Waals surface area contributed by atoms with Gasteiger partial charge < -0.3 is 23.7 Å². The maximum absolute atomic E-state index is 14.1. The number of aromatic nitrogens is 2. The monoisotopic (exact) mass is 604 g/mol. The molecule has 0 spiro atoms. The standard InChI is InChI=1S/C33H37ClN4O5/c1-17-27-24(42-5)13-21(31(39)37-16-20-8-10-22(37)28(20)38(32(40)41)33(2,3)4)14-25(27)43-29(17)23-12-19-9-11-26(34)35-30(19)36(23)15-18-6-7-18/h9,11-14,18,20,22,28H,6-8,10,15-16H2,1-5H3,(H,40,41)/t20?,22?,28-/m1/s1. The number of fused-ring (bicyclic) bond motifs is 4. The van der Waals surface area contributed by atoms with Gasteiger partial charge in [-0.2, -0.15) is 0 Å². The minimum absolute atomic E-state index is 0.114. The highest BCUT2D eigenvalue weighted by Crippen LogP contribution is 2.45. The van der Waals surface area contributed by atoms with Crippen LogP contribution < -0.4 is 4.74 Å². The van der Waals surface area contributed by atoms with E-state index >= 15 is 0 Å².